The number of carbonyl (C=O) groups is 1. The summed E-state index contributed by atoms with van der Waals surface area (Å²) in [6.07, 6.45) is -2.42. The minimum absolute atomic E-state index is 0.133. The van der Waals surface area contributed by atoms with E-state index in [1.807, 2.05) is 11.0 Å². The second-order valence-corrected chi connectivity index (χ2v) is 11.8. The summed E-state index contributed by atoms with van der Waals surface area (Å²) >= 11 is 0. The van der Waals surface area contributed by atoms with E-state index < -0.39 is 33.6 Å². The first kappa shape index (κ1) is 31.0. The average molecular weight is 604 g/mol. The monoisotopic (exact) mass is 603 g/mol. The summed E-state index contributed by atoms with van der Waals surface area (Å²) in [5.41, 5.74) is 0.803. The fourth-order valence-electron chi connectivity index (χ4n) is 4.86. The van der Waals surface area contributed by atoms with Gasteiger partial charge in [0, 0.05) is 37.1 Å². The number of hydrogen-bond acceptors (Lipinski definition) is 5. The van der Waals surface area contributed by atoms with Gasteiger partial charge in [-0.1, -0.05) is 24.3 Å². The van der Waals surface area contributed by atoms with Gasteiger partial charge in [0.25, 0.3) is 0 Å². The molecule has 1 fully saturated rings. The zero-order valence-corrected chi connectivity index (χ0v) is 23.5. The highest BCUT2D eigenvalue weighted by molar-refractivity contribution is 7.88. The van der Waals surface area contributed by atoms with Gasteiger partial charge in [-0.3, -0.25) is 9.80 Å². The lowest BCUT2D eigenvalue weighted by atomic mass is 10.0. The highest BCUT2D eigenvalue weighted by Gasteiger charge is 2.34. The molecule has 42 heavy (non-hydrogen) atoms. The van der Waals surface area contributed by atoms with Crippen molar-refractivity contribution in [2.45, 2.75) is 25.1 Å². The number of rotatable bonds is 8. The largest absolute Gasteiger partial charge is 0.419 e. The molecule has 8 nitrogen and oxygen atoms in total. The van der Waals surface area contributed by atoms with Crippen LogP contribution in [-0.4, -0.2) is 57.8 Å². The Kier molecular flexibility index (Phi) is 9.50. The lowest BCUT2D eigenvalue weighted by Gasteiger charge is -2.34. The molecule has 0 bridgehead atoms. The number of benzene rings is 3. The molecule has 0 radical (unpaired) electrons. The molecule has 0 aliphatic carbocycles. The van der Waals surface area contributed by atoms with E-state index in [1.165, 1.54) is 4.90 Å². The van der Waals surface area contributed by atoms with Crippen LogP contribution in [0.2, 0.25) is 0 Å². The second-order valence-electron chi connectivity index (χ2n) is 10.0. The van der Waals surface area contributed by atoms with Gasteiger partial charge < -0.3 is 5.32 Å². The van der Waals surface area contributed by atoms with Crippen LogP contribution in [0.25, 0.3) is 11.1 Å². The Morgan fingerprint density at radius 1 is 1.10 bits per heavy atom. The topological polar surface area (TPSA) is 106 Å². The van der Waals surface area contributed by atoms with Crippen LogP contribution in [0.5, 0.6) is 0 Å². The predicted octanol–water partition coefficient (Wildman–Crippen LogP) is 5.44. The molecular formula is C29H29F4N5O3S. The van der Waals surface area contributed by atoms with Gasteiger partial charge in [0.1, 0.15) is 5.82 Å². The molecular weight excluding hydrogens is 574 g/mol. The molecule has 1 atom stereocenters. The van der Waals surface area contributed by atoms with E-state index in [0.717, 1.165) is 29.9 Å². The number of hydrogen-bond donors (Lipinski definition) is 2. The summed E-state index contributed by atoms with van der Waals surface area (Å²) in [7, 11) is -3.39. The van der Waals surface area contributed by atoms with Crippen molar-refractivity contribution in [1.29, 1.82) is 5.26 Å². The van der Waals surface area contributed by atoms with E-state index >= 15 is 0 Å². The third-order valence-corrected chi connectivity index (χ3v) is 7.56. The van der Waals surface area contributed by atoms with Crippen molar-refractivity contribution in [3.63, 3.8) is 0 Å². The Labute approximate surface area is 241 Å². The average Bonchev–Trinajstić information content (AvgIpc) is 2.93. The maximum Gasteiger partial charge on any atom is 0.419 e. The van der Waals surface area contributed by atoms with Crippen LogP contribution in [0, 0.1) is 17.1 Å². The van der Waals surface area contributed by atoms with Crippen molar-refractivity contribution in [2.24, 2.45) is 0 Å². The van der Waals surface area contributed by atoms with Crippen LogP contribution in [0.15, 0.2) is 66.7 Å². The van der Waals surface area contributed by atoms with Crippen LogP contribution in [0.4, 0.5) is 33.7 Å². The van der Waals surface area contributed by atoms with E-state index in [1.54, 1.807) is 42.5 Å². The maximum atomic E-state index is 13.8. The molecule has 4 rings (SSSR count). The number of sulfonamides is 1. The summed E-state index contributed by atoms with van der Waals surface area (Å²) in [5, 5.41) is 11.6. The number of nitrogens with zero attached hydrogens (tertiary/aromatic N) is 3. The number of carbonyl (C=O) groups excluding carboxylic acids is 1. The fraction of sp³-hybridized carbons (Fsp3) is 0.310. The molecule has 3 aromatic rings. The van der Waals surface area contributed by atoms with Crippen LogP contribution in [0.1, 0.15) is 24.0 Å². The lowest BCUT2D eigenvalue weighted by Crippen LogP contribution is -2.49. The van der Waals surface area contributed by atoms with Crippen molar-refractivity contribution in [3.05, 3.63) is 83.7 Å². The summed E-state index contributed by atoms with van der Waals surface area (Å²) in [5.74, 6) is -1.45. The number of nitrogens with one attached hydrogen (secondary N) is 2. The van der Waals surface area contributed by atoms with Crippen molar-refractivity contribution < 1.29 is 30.8 Å². The summed E-state index contributed by atoms with van der Waals surface area (Å²) in [6.45, 7) is 1.61. The molecule has 1 saturated heterocycles. The van der Waals surface area contributed by atoms with Crippen molar-refractivity contribution >= 4 is 27.4 Å². The van der Waals surface area contributed by atoms with Crippen molar-refractivity contribution in [3.8, 4) is 17.2 Å². The quantitative estimate of drug-likeness (QED) is 0.334. The van der Waals surface area contributed by atoms with Gasteiger partial charge in [-0.05, 0) is 73.0 Å². The lowest BCUT2D eigenvalue weighted by molar-refractivity contribution is -0.139. The van der Waals surface area contributed by atoms with Gasteiger partial charge in [0.05, 0.1) is 23.5 Å². The molecule has 222 valence electrons. The van der Waals surface area contributed by atoms with Gasteiger partial charge >= 0.3 is 12.2 Å². The molecule has 0 aromatic heterocycles. The van der Waals surface area contributed by atoms with Crippen molar-refractivity contribution in [2.75, 3.05) is 42.7 Å². The first-order valence-electron chi connectivity index (χ1n) is 13.1. The van der Waals surface area contributed by atoms with Crippen LogP contribution >= 0.6 is 0 Å². The summed E-state index contributed by atoms with van der Waals surface area (Å²) < 4.78 is 79.5. The molecule has 1 aliphatic heterocycles. The molecule has 3 aromatic carbocycles. The zero-order valence-electron chi connectivity index (χ0n) is 22.7. The summed E-state index contributed by atoms with van der Waals surface area (Å²) in [6, 6.07) is 17.2. The standard InChI is InChI=1S/C29H29F4N5O3S/c1-42(40,41)36-24-6-3-13-37(19-24)14-15-38(28(39)35-23-9-12-27(30)26(17-23)29(31,32)33)25-10-7-21(8-11-25)22-5-2-4-20(16-22)18-34/h2,4-5,7-12,16-17,24,36H,3,6,13-15,19H2,1H3,(H,35,39). The highest BCUT2D eigenvalue weighted by atomic mass is 32.2. The van der Waals surface area contributed by atoms with Gasteiger partial charge in [-0.15, -0.1) is 0 Å². The highest BCUT2D eigenvalue weighted by Crippen LogP contribution is 2.33. The van der Waals surface area contributed by atoms with Crippen LogP contribution < -0.4 is 14.9 Å². The molecule has 1 unspecified atom stereocenters. The third-order valence-electron chi connectivity index (χ3n) is 6.80. The number of likely N-dealkylation sites (tertiary alicyclic amines) is 1. The Hall–Kier alpha value is -3.99. The van der Waals surface area contributed by atoms with Gasteiger partial charge in [0.2, 0.25) is 10.0 Å². The Balaban J connectivity index is 1.57. The van der Waals surface area contributed by atoms with Gasteiger partial charge in [0.15, 0.2) is 0 Å². The smallest absolute Gasteiger partial charge is 0.308 e. The third kappa shape index (κ3) is 8.28. The fourth-order valence-corrected chi connectivity index (χ4v) is 5.66. The maximum absolute atomic E-state index is 13.8. The summed E-state index contributed by atoms with van der Waals surface area (Å²) in [4.78, 5) is 16.8. The van der Waals surface area contributed by atoms with E-state index in [0.29, 0.717) is 49.4 Å². The Morgan fingerprint density at radius 2 is 1.83 bits per heavy atom. The number of anilines is 2. The first-order valence-corrected chi connectivity index (χ1v) is 15.0. The minimum atomic E-state index is -4.94. The number of piperidine rings is 1. The number of amides is 2. The minimum Gasteiger partial charge on any atom is -0.308 e. The zero-order chi connectivity index (χ0) is 30.5. The number of alkyl halides is 3. The normalized spacial score (nSPS) is 16.0. The van der Waals surface area contributed by atoms with Crippen molar-refractivity contribution in [1.82, 2.24) is 9.62 Å². The molecule has 1 heterocycles. The molecule has 13 heteroatoms. The van der Waals surface area contributed by atoms with Gasteiger partial charge in [-0.2, -0.15) is 18.4 Å². The molecule has 0 spiro atoms. The number of urea groups is 1. The molecule has 0 saturated carbocycles. The number of nitriles is 1. The van der Waals surface area contributed by atoms with Gasteiger partial charge in [-0.25, -0.2) is 22.3 Å². The first-order chi connectivity index (χ1) is 19.8. The Morgan fingerprint density at radius 3 is 2.50 bits per heavy atom. The van der Waals surface area contributed by atoms with E-state index in [2.05, 4.69) is 16.1 Å². The predicted molar refractivity (Wildman–Crippen MR) is 152 cm³/mol. The number of halogens is 4. The van der Waals surface area contributed by atoms with Crippen LogP contribution in [-0.2, 0) is 16.2 Å². The van der Waals surface area contributed by atoms with Crippen LogP contribution in [0.3, 0.4) is 0 Å². The second kappa shape index (κ2) is 12.9. The molecule has 2 N–H and O–H groups in total. The van der Waals surface area contributed by atoms with E-state index in [9.17, 15) is 36.0 Å². The van der Waals surface area contributed by atoms with E-state index in [4.69, 9.17) is 0 Å². The van der Waals surface area contributed by atoms with E-state index in [-0.39, 0.29) is 18.3 Å². The molecule has 1 aliphatic rings. The molecule has 2 amide bonds. The SMILES string of the molecule is CS(=O)(=O)NC1CCCN(CCN(C(=O)Nc2ccc(F)c(C(F)(F)F)c2)c2ccc(-c3cccc(C#N)c3)cc2)C1. The Bertz CT molecular complexity index is 1570.